The second-order valence-electron chi connectivity index (χ2n) is 4.69. The molecule has 0 aromatic heterocycles. The Kier molecular flexibility index (Phi) is 4.37. The lowest BCUT2D eigenvalue weighted by Gasteiger charge is -2.23. The van der Waals surface area contributed by atoms with Crippen molar-refractivity contribution in [2.75, 3.05) is 13.2 Å². The Balaban J connectivity index is 1.75. The van der Waals surface area contributed by atoms with Crippen LogP contribution in [0.1, 0.15) is 31.2 Å². The van der Waals surface area contributed by atoms with E-state index >= 15 is 0 Å². The molecule has 1 aromatic rings. The first kappa shape index (κ1) is 12.4. The van der Waals surface area contributed by atoms with Gasteiger partial charge in [-0.15, -0.1) is 0 Å². The molecule has 1 N–H and O–H groups in total. The highest BCUT2D eigenvalue weighted by Crippen LogP contribution is 2.17. The highest BCUT2D eigenvalue weighted by atomic mass is 19.1. The largest absolute Gasteiger partial charge is 0.494 e. The molecule has 1 heterocycles. The summed E-state index contributed by atoms with van der Waals surface area (Å²) in [6.45, 7) is 3.58. The summed E-state index contributed by atoms with van der Waals surface area (Å²) in [6, 6.07) is 5.49. The minimum atomic E-state index is -0.175. The van der Waals surface area contributed by atoms with Crippen molar-refractivity contribution >= 4 is 0 Å². The topological polar surface area (TPSA) is 21.3 Å². The normalized spacial score (nSPS) is 20.2. The number of hydrogen-bond acceptors (Lipinski definition) is 2. The van der Waals surface area contributed by atoms with Crippen LogP contribution < -0.4 is 10.1 Å². The van der Waals surface area contributed by atoms with Crippen molar-refractivity contribution in [1.29, 1.82) is 0 Å². The lowest BCUT2D eigenvalue weighted by atomic mass is 10.0. The number of hydrogen-bond donors (Lipinski definition) is 1. The summed E-state index contributed by atoms with van der Waals surface area (Å²) in [6.07, 6.45) is 4.87. The molecular formula is C14H20FNO. The van der Waals surface area contributed by atoms with Gasteiger partial charge in [-0.3, -0.25) is 0 Å². The van der Waals surface area contributed by atoms with E-state index in [1.165, 1.54) is 25.3 Å². The zero-order valence-electron chi connectivity index (χ0n) is 10.3. The maximum Gasteiger partial charge on any atom is 0.126 e. The number of nitrogens with one attached hydrogen (secondary N) is 1. The average molecular weight is 237 g/mol. The predicted octanol–water partition coefficient (Wildman–Crippen LogP) is 3.05. The number of halogens is 1. The average Bonchev–Trinajstić information content (AvgIpc) is 2.35. The number of piperidine rings is 1. The van der Waals surface area contributed by atoms with E-state index in [9.17, 15) is 4.39 Å². The fourth-order valence-corrected chi connectivity index (χ4v) is 2.20. The molecule has 0 saturated carbocycles. The summed E-state index contributed by atoms with van der Waals surface area (Å²) in [4.78, 5) is 0. The number of aryl methyl sites for hydroxylation is 1. The quantitative estimate of drug-likeness (QED) is 0.869. The summed E-state index contributed by atoms with van der Waals surface area (Å²) in [5.74, 6) is 0.589. The van der Waals surface area contributed by atoms with Gasteiger partial charge >= 0.3 is 0 Å². The molecule has 0 spiro atoms. The highest BCUT2D eigenvalue weighted by molar-refractivity contribution is 5.28. The highest BCUT2D eigenvalue weighted by Gasteiger charge is 2.12. The number of ether oxygens (including phenoxy) is 1. The summed E-state index contributed by atoms with van der Waals surface area (Å²) in [5, 5.41) is 3.49. The van der Waals surface area contributed by atoms with Gasteiger partial charge in [-0.2, -0.15) is 0 Å². The second-order valence-corrected chi connectivity index (χ2v) is 4.69. The van der Waals surface area contributed by atoms with Gasteiger partial charge in [0.25, 0.3) is 0 Å². The van der Waals surface area contributed by atoms with Gasteiger partial charge in [0, 0.05) is 6.04 Å². The Morgan fingerprint density at radius 2 is 2.29 bits per heavy atom. The van der Waals surface area contributed by atoms with Gasteiger partial charge in [0.2, 0.25) is 0 Å². The predicted molar refractivity (Wildman–Crippen MR) is 66.9 cm³/mol. The summed E-state index contributed by atoms with van der Waals surface area (Å²) in [7, 11) is 0. The molecule has 1 atom stereocenters. The van der Waals surface area contributed by atoms with E-state index in [2.05, 4.69) is 5.32 Å². The van der Waals surface area contributed by atoms with E-state index in [4.69, 9.17) is 4.74 Å². The van der Waals surface area contributed by atoms with Crippen LogP contribution in [0.4, 0.5) is 4.39 Å². The monoisotopic (exact) mass is 237 g/mol. The molecule has 0 amide bonds. The Morgan fingerprint density at radius 3 is 3.00 bits per heavy atom. The third-order valence-corrected chi connectivity index (χ3v) is 3.28. The van der Waals surface area contributed by atoms with Gasteiger partial charge in [-0.05, 0) is 56.5 Å². The lowest BCUT2D eigenvalue weighted by molar-refractivity contribution is 0.268. The third-order valence-electron chi connectivity index (χ3n) is 3.28. The zero-order chi connectivity index (χ0) is 12.1. The van der Waals surface area contributed by atoms with Crippen molar-refractivity contribution in [3.05, 3.63) is 29.6 Å². The molecule has 1 aliphatic rings. The smallest absolute Gasteiger partial charge is 0.126 e. The molecule has 1 aliphatic heterocycles. The summed E-state index contributed by atoms with van der Waals surface area (Å²) < 4.78 is 18.7. The Morgan fingerprint density at radius 1 is 1.41 bits per heavy atom. The van der Waals surface area contributed by atoms with E-state index in [1.54, 1.807) is 19.1 Å². The SMILES string of the molecule is Cc1cc(OCCC2CCCCN2)ccc1F. The Labute approximate surface area is 102 Å². The minimum absolute atomic E-state index is 0.175. The van der Waals surface area contributed by atoms with Crippen molar-refractivity contribution in [3.8, 4) is 5.75 Å². The van der Waals surface area contributed by atoms with E-state index in [1.807, 2.05) is 0 Å². The second kappa shape index (κ2) is 6.01. The first-order chi connectivity index (χ1) is 8.25. The molecule has 2 nitrogen and oxygen atoms in total. The minimum Gasteiger partial charge on any atom is -0.494 e. The fourth-order valence-electron chi connectivity index (χ4n) is 2.20. The fraction of sp³-hybridized carbons (Fsp3) is 0.571. The van der Waals surface area contributed by atoms with E-state index in [0.29, 0.717) is 18.2 Å². The molecule has 94 valence electrons. The molecular weight excluding hydrogens is 217 g/mol. The van der Waals surface area contributed by atoms with Crippen LogP contribution in [0.25, 0.3) is 0 Å². The van der Waals surface area contributed by atoms with Crippen molar-refractivity contribution in [1.82, 2.24) is 5.32 Å². The Hall–Kier alpha value is -1.09. The molecule has 1 saturated heterocycles. The molecule has 1 unspecified atom stereocenters. The first-order valence-electron chi connectivity index (χ1n) is 6.38. The van der Waals surface area contributed by atoms with Crippen molar-refractivity contribution in [2.24, 2.45) is 0 Å². The molecule has 17 heavy (non-hydrogen) atoms. The number of rotatable bonds is 4. The van der Waals surface area contributed by atoms with E-state index in [-0.39, 0.29) is 5.82 Å². The van der Waals surface area contributed by atoms with Gasteiger partial charge in [0.15, 0.2) is 0 Å². The van der Waals surface area contributed by atoms with E-state index < -0.39 is 0 Å². The molecule has 0 aliphatic carbocycles. The van der Waals surface area contributed by atoms with Crippen LogP contribution in [0.15, 0.2) is 18.2 Å². The number of benzene rings is 1. The van der Waals surface area contributed by atoms with Gasteiger partial charge in [0.05, 0.1) is 6.61 Å². The standard InChI is InChI=1S/C14H20FNO/c1-11-10-13(5-6-14(11)15)17-9-7-12-4-2-3-8-16-12/h5-6,10,12,16H,2-4,7-9H2,1H3. The third kappa shape index (κ3) is 3.70. The van der Waals surface area contributed by atoms with Gasteiger partial charge in [-0.1, -0.05) is 6.42 Å². The van der Waals surface area contributed by atoms with Crippen LogP contribution >= 0.6 is 0 Å². The molecule has 2 rings (SSSR count). The van der Waals surface area contributed by atoms with Gasteiger partial charge in [-0.25, -0.2) is 4.39 Å². The van der Waals surface area contributed by atoms with Crippen LogP contribution in [0.3, 0.4) is 0 Å². The van der Waals surface area contributed by atoms with Gasteiger partial charge < -0.3 is 10.1 Å². The van der Waals surface area contributed by atoms with Crippen LogP contribution in [0.2, 0.25) is 0 Å². The van der Waals surface area contributed by atoms with Crippen molar-refractivity contribution in [3.63, 3.8) is 0 Å². The molecule has 1 fully saturated rings. The summed E-state index contributed by atoms with van der Waals surface area (Å²) >= 11 is 0. The summed E-state index contributed by atoms with van der Waals surface area (Å²) in [5.41, 5.74) is 0.637. The van der Waals surface area contributed by atoms with Crippen LogP contribution in [0.5, 0.6) is 5.75 Å². The first-order valence-corrected chi connectivity index (χ1v) is 6.38. The van der Waals surface area contributed by atoms with Crippen molar-refractivity contribution in [2.45, 2.75) is 38.6 Å². The molecule has 3 heteroatoms. The molecule has 0 radical (unpaired) electrons. The lowest BCUT2D eigenvalue weighted by Crippen LogP contribution is -2.35. The Bertz CT molecular complexity index is 361. The maximum absolute atomic E-state index is 13.0. The van der Waals surface area contributed by atoms with Crippen LogP contribution in [-0.4, -0.2) is 19.2 Å². The molecule has 1 aromatic carbocycles. The van der Waals surface area contributed by atoms with E-state index in [0.717, 1.165) is 18.7 Å². The van der Waals surface area contributed by atoms with Crippen molar-refractivity contribution < 1.29 is 9.13 Å². The molecule has 0 bridgehead atoms. The van der Waals surface area contributed by atoms with Gasteiger partial charge in [0.1, 0.15) is 11.6 Å². The van der Waals surface area contributed by atoms with Crippen LogP contribution in [0, 0.1) is 12.7 Å². The zero-order valence-corrected chi connectivity index (χ0v) is 10.3. The maximum atomic E-state index is 13.0. The van der Waals surface area contributed by atoms with Crippen LogP contribution in [-0.2, 0) is 0 Å².